The molecule has 0 aromatic heterocycles. The molecule has 0 bridgehead atoms. The van der Waals surface area contributed by atoms with Crippen LogP contribution in [0.2, 0.25) is 0 Å². The quantitative estimate of drug-likeness (QED) is 0.805. The van der Waals surface area contributed by atoms with E-state index in [1.54, 1.807) is 0 Å². The maximum Gasteiger partial charge on any atom is 0.490 e. The molecule has 19 heavy (non-hydrogen) atoms. The number of nitrogens with one attached hydrogen (secondary N) is 1. The second-order valence-corrected chi connectivity index (χ2v) is 4.88. The van der Waals surface area contributed by atoms with Crippen LogP contribution in [0.15, 0.2) is 0 Å². The first-order chi connectivity index (χ1) is 8.51. The van der Waals surface area contributed by atoms with Gasteiger partial charge in [0.05, 0.1) is 18.2 Å². The highest BCUT2D eigenvalue weighted by Gasteiger charge is 2.39. The fourth-order valence-corrected chi connectivity index (χ4v) is 1.28. The average molecular weight is 286 g/mol. The Hall–Kier alpha value is -0.860. The van der Waals surface area contributed by atoms with Crippen molar-refractivity contribution < 1.29 is 27.8 Å². The molecule has 0 atom stereocenters. The van der Waals surface area contributed by atoms with Crippen LogP contribution in [0.4, 0.5) is 13.2 Å². The highest BCUT2D eigenvalue weighted by molar-refractivity contribution is 5.73. The molecule has 1 heterocycles. The lowest BCUT2D eigenvalue weighted by Crippen LogP contribution is -2.69. The summed E-state index contributed by atoms with van der Waals surface area (Å²) < 4.78 is 37.4. The van der Waals surface area contributed by atoms with Crippen LogP contribution >= 0.6 is 0 Å². The number of hydrogen-bond acceptors (Lipinski definition) is 4. The van der Waals surface area contributed by atoms with Crippen molar-refractivity contribution in [2.24, 2.45) is 0 Å². The standard InChI is InChI=1S/C9H20N2O.C2HF3O2/c1-8(2)12-7-9(11(3)4)5-10-6-9;3-2(4,5)1(6)7/h8,10H,5-7H2,1-4H3;(H,6,7). The Bertz CT molecular complexity index is 289. The first-order valence-electron chi connectivity index (χ1n) is 5.81. The fraction of sp³-hybridized carbons (Fsp3) is 0.909. The van der Waals surface area contributed by atoms with Crippen LogP contribution in [-0.2, 0) is 9.53 Å². The Morgan fingerprint density at radius 1 is 1.42 bits per heavy atom. The summed E-state index contributed by atoms with van der Waals surface area (Å²) in [6.07, 6.45) is -4.75. The van der Waals surface area contributed by atoms with Crippen molar-refractivity contribution in [3.05, 3.63) is 0 Å². The van der Waals surface area contributed by atoms with Crippen LogP contribution in [0, 0.1) is 0 Å². The van der Waals surface area contributed by atoms with E-state index in [0.717, 1.165) is 19.7 Å². The third-order valence-corrected chi connectivity index (χ3v) is 2.78. The summed E-state index contributed by atoms with van der Waals surface area (Å²) in [5.74, 6) is -2.76. The smallest absolute Gasteiger partial charge is 0.475 e. The minimum absolute atomic E-state index is 0.254. The molecule has 0 radical (unpaired) electrons. The molecule has 0 aromatic carbocycles. The lowest BCUT2D eigenvalue weighted by molar-refractivity contribution is -0.192. The third kappa shape index (κ3) is 6.22. The molecule has 1 saturated heterocycles. The molecule has 2 N–H and O–H groups in total. The van der Waals surface area contributed by atoms with Crippen LogP contribution in [-0.4, -0.2) is 67.6 Å². The van der Waals surface area contributed by atoms with Crippen molar-refractivity contribution in [2.45, 2.75) is 31.7 Å². The molecular weight excluding hydrogens is 265 g/mol. The molecule has 114 valence electrons. The average Bonchev–Trinajstić information content (AvgIpc) is 2.13. The predicted molar refractivity (Wildman–Crippen MR) is 64.1 cm³/mol. The zero-order valence-electron chi connectivity index (χ0n) is 11.5. The Morgan fingerprint density at radius 2 is 1.84 bits per heavy atom. The summed E-state index contributed by atoms with van der Waals surface area (Å²) in [6, 6.07) is 0. The van der Waals surface area contributed by atoms with E-state index in [0.29, 0.717) is 6.10 Å². The zero-order valence-corrected chi connectivity index (χ0v) is 11.5. The van der Waals surface area contributed by atoms with E-state index in [-0.39, 0.29) is 5.54 Å². The van der Waals surface area contributed by atoms with Gasteiger partial charge in [-0.05, 0) is 27.9 Å². The first-order valence-corrected chi connectivity index (χ1v) is 5.81. The maximum atomic E-state index is 10.6. The Balaban J connectivity index is 0.000000399. The molecule has 0 saturated carbocycles. The zero-order chi connectivity index (χ0) is 15.3. The van der Waals surface area contributed by atoms with Crippen molar-refractivity contribution in [1.29, 1.82) is 0 Å². The normalized spacial score (nSPS) is 17.7. The summed E-state index contributed by atoms with van der Waals surface area (Å²) >= 11 is 0. The number of rotatable bonds is 4. The monoisotopic (exact) mass is 286 g/mol. The van der Waals surface area contributed by atoms with Gasteiger partial charge in [0.15, 0.2) is 0 Å². The van der Waals surface area contributed by atoms with Crippen molar-refractivity contribution in [3.8, 4) is 0 Å². The Labute approximate surface area is 110 Å². The molecule has 8 heteroatoms. The van der Waals surface area contributed by atoms with E-state index in [2.05, 4.69) is 38.2 Å². The minimum atomic E-state index is -5.08. The van der Waals surface area contributed by atoms with E-state index >= 15 is 0 Å². The lowest BCUT2D eigenvalue weighted by Gasteiger charge is -2.47. The minimum Gasteiger partial charge on any atom is -0.475 e. The second kappa shape index (κ2) is 7.06. The fourth-order valence-electron chi connectivity index (χ4n) is 1.28. The number of aliphatic carboxylic acids is 1. The SMILES string of the molecule is CC(C)OCC1(N(C)C)CNC1.O=C(O)C(F)(F)F. The third-order valence-electron chi connectivity index (χ3n) is 2.78. The molecule has 1 rings (SSSR count). The molecular formula is C11H21F3N2O3. The molecule has 0 amide bonds. The van der Waals surface area contributed by atoms with Gasteiger partial charge in [-0.1, -0.05) is 0 Å². The molecule has 1 fully saturated rings. The second-order valence-electron chi connectivity index (χ2n) is 4.88. The first kappa shape index (κ1) is 18.1. The number of ether oxygens (including phenoxy) is 1. The van der Waals surface area contributed by atoms with E-state index in [9.17, 15) is 13.2 Å². The van der Waals surface area contributed by atoms with Crippen LogP contribution in [0.25, 0.3) is 0 Å². The largest absolute Gasteiger partial charge is 0.490 e. The van der Waals surface area contributed by atoms with Crippen molar-refractivity contribution >= 4 is 5.97 Å². The molecule has 1 aliphatic heterocycles. The van der Waals surface area contributed by atoms with Crippen molar-refractivity contribution in [3.63, 3.8) is 0 Å². The number of alkyl halides is 3. The van der Waals surface area contributed by atoms with Gasteiger partial charge in [-0.3, -0.25) is 4.90 Å². The van der Waals surface area contributed by atoms with Crippen LogP contribution in [0.3, 0.4) is 0 Å². The number of carboxylic acids is 1. The van der Waals surface area contributed by atoms with Crippen LogP contribution in [0.1, 0.15) is 13.8 Å². The van der Waals surface area contributed by atoms with Gasteiger partial charge in [-0.25, -0.2) is 4.79 Å². The number of likely N-dealkylation sites (N-methyl/N-ethyl adjacent to an activating group) is 1. The Kier molecular flexibility index (Phi) is 6.74. The molecule has 0 unspecified atom stereocenters. The number of halogens is 3. The molecule has 0 aromatic rings. The Morgan fingerprint density at radius 3 is 2.00 bits per heavy atom. The summed E-state index contributed by atoms with van der Waals surface area (Å²) in [5, 5.41) is 10.4. The number of carbonyl (C=O) groups is 1. The van der Waals surface area contributed by atoms with Gasteiger partial charge in [-0.2, -0.15) is 13.2 Å². The van der Waals surface area contributed by atoms with Gasteiger partial charge in [0, 0.05) is 13.1 Å². The number of hydrogen-bond donors (Lipinski definition) is 2. The maximum absolute atomic E-state index is 10.6. The predicted octanol–water partition coefficient (Wildman–Crippen LogP) is 0.948. The van der Waals surface area contributed by atoms with Gasteiger partial charge >= 0.3 is 12.1 Å². The van der Waals surface area contributed by atoms with Crippen LogP contribution < -0.4 is 5.32 Å². The van der Waals surface area contributed by atoms with E-state index in [4.69, 9.17) is 14.6 Å². The summed E-state index contributed by atoms with van der Waals surface area (Å²) in [5.41, 5.74) is 0.254. The molecule has 5 nitrogen and oxygen atoms in total. The number of nitrogens with zero attached hydrogens (tertiary/aromatic N) is 1. The van der Waals surface area contributed by atoms with Crippen molar-refractivity contribution in [1.82, 2.24) is 10.2 Å². The topological polar surface area (TPSA) is 61.8 Å². The van der Waals surface area contributed by atoms with E-state index in [1.165, 1.54) is 0 Å². The summed E-state index contributed by atoms with van der Waals surface area (Å²) in [7, 11) is 4.23. The molecule has 0 aliphatic carbocycles. The van der Waals surface area contributed by atoms with Gasteiger partial charge in [0.2, 0.25) is 0 Å². The molecule has 1 aliphatic rings. The van der Waals surface area contributed by atoms with Gasteiger partial charge in [0.25, 0.3) is 0 Å². The lowest BCUT2D eigenvalue weighted by atomic mass is 9.92. The van der Waals surface area contributed by atoms with Gasteiger partial charge in [-0.15, -0.1) is 0 Å². The van der Waals surface area contributed by atoms with Gasteiger partial charge < -0.3 is 15.2 Å². The summed E-state index contributed by atoms with van der Waals surface area (Å²) in [4.78, 5) is 11.2. The van der Waals surface area contributed by atoms with E-state index < -0.39 is 12.1 Å². The van der Waals surface area contributed by atoms with Crippen LogP contribution in [0.5, 0.6) is 0 Å². The van der Waals surface area contributed by atoms with Crippen molar-refractivity contribution in [2.75, 3.05) is 33.8 Å². The highest BCUT2D eigenvalue weighted by Crippen LogP contribution is 2.18. The van der Waals surface area contributed by atoms with E-state index in [1.807, 2.05) is 0 Å². The molecule has 0 spiro atoms. The highest BCUT2D eigenvalue weighted by atomic mass is 19.4. The summed E-state index contributed by atoms with van der Waals surface area (Å²) in [6.45, 7) is 7.09. The number of carboxylic acid groups (broad SMARTS) is 1. The van der Waals surface area contributed by atoms with Gasteiger partial charge in [0.1, 0.15) is 0 Å².